The third kappa shape index (κ3) is 2.24. The molecule has 0 aromatic heterocycles. The first-order valence-corrected chi connectivity index (χ1v) is 5.80. The molecule has 2 rings (SSSR count). The minimum absolute atomic E-state index is 0.115. The number of fused-ring (bicyclic) bond motifs is 1. The summed E-state index contributed by atoms with van der Waals surface area (Å²) in [5.74, 6) is -1.98. The molecular weight excluding hydrogens is 254 g/mol. The van der Waals surface area contributed by atoms with Crippen LogP contribution in [0.25, 0.3) is 0 Å². The molecule has 8 nitrogen and oxygen atoms in total. The lowest BCUT2D eigenvalue weighted by Gasteiger charge is -2.25. The molecule has 0 aromatic rings. The van der Waals surface area contributed by atoms with Gasteiger partial charge in [0.15, 0.2) is 11.4 Å². The van der Waals surface area contributed by atoms with E-state index in [2.05, 4.69) is 25.0 Å². The van der Waals surface area contributed by atoms with Crippen LogP contribution >= 0.6 is 0 Å². The summed E-state index contributed by atoms with van der Waals surface area (Å²) in [6, 6.07) is -0.363. The van der Waals surface area contributed by atoms with Crippen molar-refractivity contribution in [3.8, 4) is 0 Å². The van der Waals surface area contributed by atoms with Crippen LogP contribution in [0.2, 0.25) is 0 Å². The van der Waals surface area contributed by atoms with Crippen LogP contribution < -0.4 is 5.32 Å². The maximum Gasteiger partial charge on any atom is 0.354 e. The molecule has 0 aromatic carbocycles. The van der Waals surface area contributed by atoms with Crippen molar-refractivity contribution in [3.63, 3.8) is 0 Å². The molecule has 104 valence electrons. The van der Waals surface area contributed by atoms with Gasteiger partial charge in [-0.2, -0.15) is 0 Å². The summed E-state index contributed by atoms with van der Waals surface area (Å²) in [6.07, 6.45) is 0. The van der Waals surface area contributed by atoms with Crippen molar-refractivity contribution in [2.75, 3.05) is 27.4 Å². The Morgan fingerprint density at radius 1 is 1.26 bits per heavy atom. The van der Waals surface area contributed by atoms with Gasteiger partial charge < -0.3 is 19.9 Å². The summed E-state index contributed by atoms with van der Waals surface area (Å²) in [5.41, 5.74) is 0.271. The smallest absolute Gasteiger partial charge is 0.354 e. The molecule has 8 heteroatoms. The summed E-state index contributed by atoms with van der Waals surface area (Å²) in [5, 5.41) is 19.9. The van der Waals surface area contributed by atoms with Gasteiger partial charge in [0.25, 0.3) is 0 Å². The number of carbonyl (C=O) groups is 2. The number of esters is 2. The third-order valence-corrected chi connectivity index (χ3v) is 3.39. The molecule has 0 spiro atoms. The molecule has 19 heavy (non-hydrogen) atoms. The number of hydrogen-bond donors (Lipinski definition) is 2. The van der Waals surface area contributed by atoms with Gasteiger partial charge in [0, 0.05) is 24.4 Å². The normalized spacial score (nSPS) is 29.1. The Balaban J connectivity index is 2.38. The van der Waals surface area contributed by atoms with Crippen LogP contribution in [0.1, 0.15) is 0 Å². The summed E-state index contributed by atoms with van der Waals surface area (Å²) in [4.78, 5) is 23.3. The van der Waals surface area contributed by atoms with Crippen LogP contribution in [0.3, 0.4) is 0 Å². The van der Waals surface area contributed by atoms with Crippen molar-refractivity contribution in [1.29, 1.82) is 0 Å². The van der Waals surface area contributed by atoms with E-state index in [0.29, 0.717) is 6.54 Å². The maximum absolute atomic E-state index is 11.7. The first-order chi connectivity index (χ1) is 9.13. The Bertz CT molecular complexity index is 459. The molecule has 0 saturated carbocycles. The summed E-state index contributed by atoms with van der Waals surface area (Å²) in [6.45, 7) is 0.242. The topological polar surface area (TPSA) is 110 Å². The summed E-state index contributed by atoms with van der Waals surface area (Å²) >= 11 is 0. The molecule has 2 heterocycles. The lowest BCUT2D eigenvalue weighted by molar-refractivity contribution is -0.134. The second kappa shape index (κ2) is 5.45. The highest BCUT2D eigenvalue weighted by Gasteiger charge is 2.48. The van der Waals surface area contributed by atoms with Gasteiger partial charge in [0.1, 0.15) is 0 Å². The lowest BCUT2D eigenvalue weighted by Crippen LogP contribution is -2.44. The number of rotatable bonds is 3. The highest BCUT2D eigenvalue weighted by Crippen LogP contribution is 2.29. The van der Waals surface area contributed by atoms with Crippen LogP contribution in [-0.4, -0.2) is 61.9 Å². The molecule has 1 saturated heterocycles. The zero-order valence-electron chi connectivity index (χ0n) is 10.6. The number of nitrogens with one attached hydrogen (secondary N) is 1. The van der Waals surface area contributed by atoms with Crippen molar-refractivity contribution in [1.82, 2.24) is 5.32 Å². The second-order valence-corrected chi connectivity index (χ2v) is 4.28. The number of nitrogens with zero attached hydrogens (tertiary/aromatic N) is 2. The molecule has 0 radical (unpaired) electrons. The average molecular weight is 269 g/mol. The quantitative estimate of drug-likeness (QED) is 0.593. The first-order valence-electron chi connectivity index (χ1n) is 5.80. The standard InChI is InChI=1S/C11H15N3O5/c1-18-10(16)8-5-3-12-6(4-15)7(5)9(14-13-8)11(17)19-2/h5-7,12,15H,3-4H2,1-2H3. The molecule has 1 fully saturated rings. The molecule has 0 bridgehead atoms. The van der Waals surface area contributed by atoms with Crippen molar-refractivity contribution in [2.24, 2.45) is 22.0 Å². The van der Waals surface area contributed by atoms with Gasteiger partial charge in [-0.05, 0) is 0 Å². The first kappa shape index (κ1) is 13.6. The lowest BCUT2D eigenvalue weighted by atomic mass is 9.82. The van der Waals surface area contributed by atoms with Crippen LogP contribution in [0.15, 0.2) is 10.2 Å². The van der Waals surface area contributed by atoms with Gasteiger partial charge in [-0.1, -0.05) is 0 Å². The highest BCUT2D eigenvalue weighted by molar-refractivity contribution is 6.43. The van der Waals surface area contributed by atoms with Crippen LogP contribution in [0, 0.1) is 11.8 Å². The molecule has 3 atom stereocenters. The third-order valence-electron chi connectivity index (χ3n) is 3.39. The molecule has 3 unspecified atom stereocenters. The Kier molecular flexibility index (Phi) is 3.91. The van der Waals surface area contributed by atoms with Crippen LogP contribution in [-0.2, 0) is 19.1 Å². The number of aliphatic hydroxyl groups is 1. The maximum atomic E-state index is 11.7. The van der Waals surface area contributed by atoms with E-state index in [4.69, 9.17) is 0 Å². The van der Waals surface area contributed by atoms with E-state index in [0.717, 1.165) is 0 Å². The van der Waals surface area contributed by atoms with Gasteiger partial charge in [0.05, 0.1) is 20.8 Å². The fourth-order valence-electron chi connectivity index (χ4n) is 2.47. The van der Waals surface area contributed by atoms with Crippen LogP contribution in [0.4, 0.5) is 0 Å². The summed E-state index contributed by atoms with van der Waals surface area (Å²) < 4.78 is 9.29. The van der Waals surface area contributed by atoms with E-state index in [-0.39, 0.29) is 30.0 Å². The fourth-order valence-corrected chi connectivity index (χ4v) is 2.47. The van der Waals surface area contributed by atoms with E-state index in [1.807, 2.05) is 0 Å². The summed E-state index contributed by atoms with van der Waals surface area (Å²) in [7, 11) is 2.50. The van der Waals surface area contributed by atoms with Gasteiger partial charge in [-0.3, -0.25) is 0 Å². The predicted octanol–water partition coefficient (Wildman–Crippen LogP) is -1.66. The van der Waals surface area contributed by atoms with E-state index in [1.54, 1.807) is 0 Å². The number of hydrogen-bond acceptors (Lipinski definition) is 8. The van der Waals surface area contributed by atoms with Crippen molar-refractivity contribution >= 4 is 23.4 Å². The molecule has 2 aliphatic heterocycles. The molecule has 2 aliphatic rings. The Morgan fingerprint density at radius 2 is 1.84 bits per heavy atom. The predicted molar refractivity (Wildman–Crippen MR) is 64.8 cm³/mol. The Labute approximate surface area is 109 Å². The highest BCUT2D eigenvalue weighted by atomic mass is 16.5. The van der Waals surface area contributed by atoms with E-state index < -0.39 is 17.9 Å². The zero-order valence-corrected chi connectivity index (χ0v) is 10.6. The largest absolute Gasteiger partial charge is 0.464 e. The van der Waals surface area contributed by atoms with Crippen molar-refractivity contribution < 1.29 is 24.2 Å². The molecular formula is C11H15N3O5. The number of aliphatic hydroxyl groups excluding tert-OH is 1. The monoisotopic (exact) mass is 269 g/mol. The number of ether oxygens (including phenoxy) is 2. The fraction of sp³-hybridized carbons (Fsp3) is 0.636. The SMILES string of the molecule is COC(=O)C1=NN=C(C(=O)OC)C2C(CO)NCC12. The minimum Gasteiger partial charge on any atom is -0.464 e. The van der Waals surface area contributed by atoms with Crippen LogP contribution in [0.5, 0.6) is 0 Å². The molecule has 0 aliphatic carbocycles. The van der Waals surface area contributed by atoms with E-state index in [1.165, 1.54) is 14.2 Å². The van der Waals surface area contributed by atoms with Gasteiger partial charge in [-0.15, -0.1) is 10.2 Å². The van der Waals surface area contributed by atoms with Gasteiger partial charge in [-0.25, -0.2) is 9.59 Å². The van der Waals surface area contributed by atoms with E-state index in [9.17, 15) is 14.7 Å². The Morgan fingerprint density at radius 3 is 2.42 bits per heavy atom. The zero-order chi connectivity index (χ0) is 14.0. The van der Waals surface area contributed by atoms with Gasteiger partial charge in [0.2, 0.25) is 0 Å². The van der Waals surface area contributed by atoms with E-state index >= 15 is 0 Å². The molecule has 2 N–H and O–H groups in total. The average Bonchev–Trinajstić information content (AvgIpc) is 2.88. The van der Waals surface area contributed by atoms with Gasteiger partial charge >= 0.3 is 11.9 Å². The number of methoxy groups -OCH3 is 2. The second-order valence-electron chi connectivity index (χ2n) is 4.28. The minimum atomic E-state index is -0.607. The Hall–Kier alpha value is -1.80. The van der Waals surface area contributed by atoms with Crippen molar-refractivity contribution in [2.45, 2.75) is 6.04 Å². The number of carbonyl (C=O) groups excluding carboxylic acids is 2. The van der Waals surface area contributed by atoms with Crippen molar-refractivity contribution in [3.05, 3.63) is 0 Å². The molecule has 0 amide bonds.